The van der Waals surface area contributed by atoms with E-state index in [1.165, 1.54) is 12.1 Å². The van der Waals surface area contributed by atoms with Crippen molar-refractivity contribution in [1.82, 2.24) is 10.3 Å². The van der Waals surface area contributed by atoms with Crippen molar-refractivity contribution >= 4 is 5.91 Å². The van der Waals surface area contributed by atoms with Crippen molar-refractivity contribution in [2.45, 2.75) is 38.6 Å². The quantitative estimate of drug-likeness (QED) is 0.887. The van der Waals surface area contributed by atoms with Gasteiger partial charge in [0.15, 0.2) is 0 Å². The van der Waals surface area contributed by atoms with Gasteiger partial charge in [-0.15, -0.1) is 0 Å². The van der Waals surface area contributed by atoms with E-state index < -0.39 is 0 Å². The van der Waals surface area contributed by atoms with Gasteiger partial charge in [0.2, 0.25) is 5.91 Å². The van der Waals surface area contributed by atoms with Crippen LogP contribution in [-0.2, 0) is 11.2 Å². The Morgan fingerprint density at radius 3 is 2.59 bits per heavy atom. The minimum Gasteiger partial charge on any atom is -0.353 e. The summed E-state index contributed by atoms with van der Waals surface area (Å²) in [4.78, 5) is 16.7. The Balaban J connectivity index is 2.23. The second-order valence-electron chi connectivity index (χ2n) is 5.49. The van der Waals surface area contributed by atoms with Crippen molar-refractivity contribution < 1.29 is 9.18 Å². The highest BCUT2D eigenvalue weighted by Crippen LogP contribution is 2.22. The lowest BCUT2D eigenvalue weighted by molar-refractivity contribution is -0.123. The molecule has 1 amide bonds. The number of carbonyl (C=O) groups is 1. The summed E-state index contributed by atoms with van der Waals surface area (Å²) in [5, 5.41) is 3.01. The topological polar surface area (TPSA) is 42.0 Å². The van der Waals surface area contributed by atoms with E-state index in [2.05, 4.69) is 10.3 Å². The molecule has 0 radical (unpaired) electrons. The van der Waals surface area contributed by atoms with Gasteiger partial charge in [-0.1, -0.05) is 25.1 Å². The number of hydrogen-bond acceptors (Lipinski definition) is 2. The first-order valence-electron chi connectivity index (χ1n) is 7.55. The molecule has 2 aromatic rings. The van der Waals surface area contributed by atoms with E-state index in [-0.39, 0.29) is 23.7 Å². The molecule has 2 unspecified atom stereocenters. The van der Waals surface area contributed by atoms with Crippen molar-refractivity contribution in [3.8, 4) is 0 Å². The van der Waals surface area contributed by atoms with Gasteiger partial charge in [0.1, 0.15) is 5.82 Å². The first kappa shape index (κ1) is 16.1. The number of aromatic nitrogens is 1. The van der Waals surface area contributed by atoms with Crippen LogP contribution >= 0.6 is 0 Å². The standard InChI is InChI=1S/C18H21FN2O/c1-3-13(2)21-18(22)17(11-14-5-4-10-20-12-14)15-6-8-16(19)9-7-15/h4-10,12-13,17H,3,11H2,1-2H3,(H,21,22). The van der Waals surface area contributed by atoms with Gasteiger partial charge >= 0.3 is 0 Å². The average molecular weight is 300 g/mol. The molecule has 0 aliphatic carbocycles. The Morgan fingerprint density at radius 2 is 2.00 bits per heavy atom. The molecule has 0 saturated carbocycles. The van der Waals surface area contributed by atoms with Gasteiger partial charge < -0.3 is 5.32 Å². The summed E-state index contributed by atoms with van der Waals surface area (Å²) in [5.41, 5.74) is 1.79. The maximum Gasteiger partial charge on any atom is 0.228 e. The van der Waals surface area contributed by atoms with Crippen molar-refractivity contribution in [1.29, 1.82) is 0 Å². The fourth-order valence-electron chi connectivity index (χ4n) is 2.26. The van der Waals surface area contributed by atoms with Crippen molar-refractivity contribution in [2.24, 2.45) is 0 Å². The summed E-state index contributed by atoms with van der Waals surface area (Å²) in [6.07, 6.45) is 4.87. The number of carbonyl (C=O) groups excluding carboxylic acids is 1. The molecule has 2 rings (SSSR count). The van der Waals surface area contributed by atoms with E-state index in [1.54, 1.807) is 24.5 Å². The van der Waals surface area contributed by atoms with Crippen LogP contribution < -0.4 is 5.32 Å². The third-order valence-electron chi connectivity index (χ3n) is 3.75. The highest BCUT2D eigenvalue weighted by atomic mass is 19.1. The number of nitrogens with one attached hydrogen (secondary N) is 1. The average Bonchev–Trinajstić information content (AvgIpc) is 2.54. The van der Waals surface area contributed by atoms with Crippen LogP contribution in [0.2, 0.25) is 0 Å². The molecule has 4 heteroatoms. The molecular weight excluding hydrogens is 279 g/mol. The van der Waals surface area contributed by atoms with Gasteiger partial charge in [-0.25, -0.2) is 4.39 Å². The van der Waals surface area contributed by atoms with Crippen LogP contribution in [0.4, 0.5) is 4.39 Å². The van der Waals surface area contributed by atoms with E-state index in [1.807, 2.05) is 26.0 Å². The monoisotopic (exact) mass is 300 g/mol. The Bertz CT molecular complexity index is 598. The molecule has 116 valence electrons. The maximum atomic E-state index is 13.1. The molecule has 3 nitrogen and oxygen atoms in total. The van der Waals surface area contributed by atoms with Crippen LogP contribution in [0.15, 0.2) is 48.8 Å². The number of rotatable bonds is 6. The Morgan fingerprint density at radius 1 is 1.27 bits per heavy atom. The van der Waals surface area contributed by atoms with E-state index in [9.17, 15) is 9.18 Å². The van der Waals surface area contributed by atoms with Gasteiger partial charge in [0, 0.05) is 18.4 Å². The van der Waals surface area contributed by atoms with Gasteiger partial charge in [-0.05, 0) is 49.1 Å². The Labute approximate surface area is 130 Å². The van der Waals surface area contributed by atoms with Gasteiger partial charge in [-0.3, -0.25) is 9.78 Å². The van der Waals surface area contributed by atoms with Crippen molar-refractivity contribution in [3.05, 3.63) is 65.7 Å². The third-order valence-corrected chi connectivity index (χ3v) is 3.75. The second-order valence-corrected chi connectivity index (χ2v) is 5.49. The van der Waals surface area contributed by atoms with Crippen LogP contribution in [0.1, 0.15) is 37.3 Å². The number of pyridine rings is 1. The smallest absolute Gasteiger partial charge is 0.228 e. The summed E-state index contributed by atoms with van der Waals surface area (Å²) in [6.45, 7) is 4.00. The number of nitrogens with zero attached hydrogens (tertiary/aromatic N) is 1. The highest BCUT2D eigenvalue weighted by molar-refractivity contribution is 5.84. The molecule has 0 bridgehead atoms. The third kappa shape index (κ3) is 4.38. The molecule has 0 saturated heterocycles. The highest BCUT2D eigenvalue weighted by Gasteiger charge is 2.22. The number of halogens is 1. The van der Waals surface area contributed by atoms with Crippen LogP contribution in [0.3, 0.4) is 0 Å². The van der Waals surface area contributed by atoms with Gasteiger partial charge in [0.25, 0.3) is 0 Å². The molecule has 0 aliphatic rings. The molecule has 1 aromatic heterocycles. The first-order valence-corrected chi connectivity index (χ1v) is 7.55. The van der Waals surface area contributed by atoms with Crippen LogP contribution in [0.25, 0.3) is 0 Å². The Kier molecular flexibility index (Phi) is 5.64. The van der Waals surface area contributed by atoms with Crippen molar-refractivity contribution in [2.75, 3.05) is 0 Å². The molecule has 1 heterocycles. The molecule has 1 N–H and O–H groups in total. The van der Waals surface area contributed by atoms with E-state index in [0.29, 0.717) is 6.42 Å². The molecular formula is C18H21FN2O. The zero-order chi connectivity index (χ0) is 15.9. The van der Waals surface area contributed by atoms with Gasteiger partial charge in [-0.2, -0.15) is 0 Å². The molecule has 2 atom stereocenters. The fraction of sp³-hybridized carbons (Fsp3) is 0.333. The maximum absolute atomic E-state index is 13.1. The fourth-order valence-corrected chi connectivity index (χ4v) is 2.26. The first-order chi connectivity index (χ1) is 10.6. The van der Waals surface area contributed by atoms with Crippen LogP contribution in [-0.4, -0.2) is 16.9 Å². The van der Waals surface area contributed by atoms with Gasteiger partial charge in [0.05, 0.1) is 5.92 Å². The summed E-state index contributed by atoms with van der Waals surface area (Å²) in [7, 11) is 0. The predicted molar refractivity (Wildman–Crippen MR) is 85.0 cm³/mol. The molecule has 1 aromatic carbocycles. The minimum atomic E-state index is -0.348. The number of amides is 1. The summed E-state index contributed by atoms with van der Waals surface area (Å²) < 4.78 is 13.1. The largest absolute Gasteiger partial charge is 0.353 e. The SMILES string of the molecule is CCC(C)NC(=O)C(Cc1cccnc1)c1ccc(F)cc1. The van der Waals surface area contributed by atoms with E-state index >= 15 is 0 Å². The number of benzene rings is 1. The molecule has 0 fully saturated rings. The summed E-state index contributed by atoms with van der Waals surface area (Å²) >= 11 is 0. The lowest BCUT2D eigenvalue weighted by atomic mass is 9.91. The lowest BCUT2D eigenvalue weighted by Gasteiger charge is -2.20. The van der Waals surface area contributed by atoms with Crippen molar-refractivity contribution in [3.63, 3.8) is 0 Å². The summed E-state index contributed by atoms with van der Waals surface area (Å²) in [6, 6.07) is 10.0. The van der Waals surface area contributed by atoms with Crippen LogP contribution in [0.5, 0.6) is 0 Å². The zero-order valence-electron chi connectivity index (χ0n) is 12.9. The molecule has 0 spiro atoms. The number of hydrogen-bond donors (Lipinski definition) is 1. The normalized spacial score (nSPS) is 13.4. The van der Waals surface area contributed by atoms with Crippen LogP contribution in [0, 0.1) is 5.82 Å². The Hall–Kier alpha value is -2.23. The van der Waals surface area contributed by atoms with E-state index in [0.717, 1.165) is 17.5 Å². The minimum absolute atomic E-state index is 0.0372. The zero-order valence-corrected chi connectivity index (χ0v) is 12.9. The molecule has 22 heavy (non-hydrogen) atoms. The van der Waals surface area contributed by atoms with E-state index in [4.69, 9.17) is 0 Å². The molecule has 0 aliphatic heterocycles. The predicted octanol–water partition coefficient (Wildman–Crippen LogP) is 3.46. The lowest BCUT2D eigenvalue weighted by Crippen LogP contribution is -2.36. The second kappa shape index (κ2) is 7.69. The summed E-state index contributed by atoms with van der Waals surface area (Å²) in [5.74, 6) is -0.685.